The lowest BCUT2D eigenvalue weighted by molar-refractivity contribution is 0.148. The summed E-state index contributed by atoms with van der Waals surface area (Å²) in [5.74, 6) is 1.78. The van der Waals surface area contributed by atoms with E-state index in [1.165, 1.54) is 39.0 Å². The van der Waals surface area contributed by atoms with E-state index >= 15 is 0 Å². The third-order valence-electron chi connectivity index (χ3n) is 3.36. The van der Waals surface area contributed by atoms with Gasteiger partial charge in [-0.1, -0.05) is 13.8 Å². The zero-order chi connectivity index (χ0) is 9.26. The van der Waals surface area contributed by atoms with Crippen LogP contribution in [-0.2, 0) is 0 Å². The number of nitrogens with one attached hydrogen (secondary N) is 1. The van der Waals surface area contributed by atoms with Crippen LogP contribution in [0, 0.1) is 11.8 Å². The molecule has 76 valence electrons. The number of likely N-dealkylation sites (tertiary alicyclic amines) is 1. The first-order valence-corrected chi connectivity index (χ1v) is 5.71. The summed E-state index contributed by atoms with van der Waals surface area (Å²) in [7, 11) is 0. The zero-order valence-corrected chi connectivity index (χ0v) is 8.92. The average molecular weight is 182 g/mol. The molecule has 0 amide bonds. The molecule has 2 rings (SSSR count). The van der Waals surface area contributed by atoms with E-state index in [-0.39, 0.29) is 0 Å². The fourth-order valence-electron chi connectivity index (χ4n) is 2.81. The molecule has 0 aliphatic carbocycles. The largest absolute Gasteiger partial charge is 0.314 e. The molecule has 0 bridgehead atoms. The molecular weight excluding hydrogens is 160 g/mol. The van der Waals surface area contributed by atoms with Crippen molar-refractivity contribution >= 4 is 0 Å². The van der Waals surface area contributed by atoms with Gasteiger partial charge in [0.2, 0.25) is 0 Å². The summed E-state index contributed by atoms with van der Waals surface area (Å²) in [6.45, 7) is 9.84. The molecule has 1 N–H and O–H groups in total. The van der Waals surface area contributed by atoms with Crippen LogP contribution >= 0.6 is 0 Å². The van der Waals surface area contributed by atoms with Gasteiger partial charge in [-0.3, -0.25) is 0 Å². The van der Waals surface area contributed by atoms with Crippen molar-refractivity contribution in [2.24, 2.45) is 11.8 Å². The van der Waals surface area contributed by atoms with Crippen molar-refractivity contribution in [3.63, 3.8) is 0 Å². The Kier molecular flexibility index (Phi) is 2.89. The molecule has 0 spiro atoms. The first kappa shape index (κ1) is 9.47. The summed E-state index contributed by atoms with van der Waals surface area (Å²) in [6, 6.07) is 0.850. The van der Waals surface area contributed by atoms with E-state index in [0.29, 0.717) is 0 Å². The van der Waals surface area contributed by atoms with E-state index in [1.54, 1.807) is 0 Å². The molecule has 0 aromatic heterocycles. The normalized spacial score (nSPS) is 35.3. The van der Waals surface area contributed by atoms with Gasteiger partial charge >= 0.3 is 0 Å². The van der Waals surface area contributed by atoms with Gasteiger partial charge in [-0.15, -0.1) is 0 Å². The minimum atomic E-state index is 0.825. The van der Waals surface area contributed by atoms with Crippen molar-refractivity contribution in [3.05, 3.63) is 0 Å². The first-order chi connectivity index (χ1) is 6.25. The van der Waals surface area contributed by atoms with E-state index in [4.69, 9.17) is 0 Å². The molecule has 2 aliphatic rings. The zero-order valence-electron chi connectivity index (χ0n) is 8.92. The van der Waals surface area contributed by atoms with Crippen molar-refractivity contribution in [2.75, 3.05) is 26.2 Å². The molecule has 2 nitrogen and oxygen atoms in total. The Balaban J connectivity index is 1.83. The van der Waals surface area contributed by atoms with Gasteiger partial charge in [0.25, 0.3) is 0 Å². The Morgan fingerprint density at radius 3 is 3.00 bits per heavy atom. The SMILES string of the molecule is CC(C)CN1CCC2NCCC2C1. The maximum Gasteiger partial charge on any atom is 0.0120 e. The van der Waals surface area contributed by atoms with Crippen LogP contribution in [0.15, 0.2) is 0 Å². The molecule has 0 aromatic carbocycles. The maximum atomic E-state index is 3.61. The number of rotatable bonds is 2. The van der Waals surface area contributed by atoms with Crippen molar-refractivity contribution in [3.8, 4) is 0 Å². The Hall–Kier alpha value is -0.0800. The number of piperidine rings is 1. The third-order valence-corrected chi connectivity index (χ3v) is 3.36. The van der Waals surface area contributed by atoms with Crippen molar-refractivity contribution < 1.29 is 0 Å². The second-order valence-corrected chi connectivity index (χ2v) is 5.05. The number of fused-ring (bicyclic) bond motifs is 1. The standard InChI is InChI=1S/C11H22N2/c1-9(2)7-13-6-4-11-10(8-13)3-5-12-11/h9-12H,3-8H2,1-2H3. The van der Waals surface area contributed by atoms with E-state index in [2.05, 4.69) is 24.1 Å². The van der Waals surface area contributed by atoms with E-state index < -0.39 is 0 Å². The molecule has 13 heavy (non-hydrogen) atoms. The Labute approximate surface area is 81.7 Å². The lowest BCUT2D eigenvalue weighted by atomic mass is 9.93. The smallest absolute Gasteiger partial charge is 0.0120 e. The van der Waals surface area contributed by atoms with Crippen LogP contribution < -0.4 is 5.32 Å². The van der Waals surface area contributed by atoms with Gasteiger partial charge in [-0.05, 0) is 37.8 Å². The Bertz CT molecular complexity index is 167. The van der Waals surface area contributed by atoms with Crippen LogP contribution in [0.2, 0.25) is 0 Å². The molecule has 2 atom stereocenters. The summed E-state index contributed by atoms with van der Waals surface area (Å²) in [5.41, 5.74) is 0. The highest BCUT2D eigenvalue weighted by atomic mass is 15.2. The second-order valence-electron chi connectivity index (χ2n) is 5.05. The minimum Gasteiger partial charge on any atom is -0.314 e. The number of hydrogen-bond donors (Lipinski definition) is 1. The monoisotopic (exact) mass is 182 g/mol. The topological polar surface area (TPSA) is 15.3 Å². The van der Waals surface area contributed by atoms with Gasteiger partial charge in [0.1, 0.15) is 0 Å². The highest BCUT2D eigenvalue weighted by Crippen LogP contribution is 2.24. The summed E-state index contributed by atoms with van der Waals surface area (Å²) < 4.78 is 0. The first-order valence-electron chi connectivity index (χ1n) is 5.71. The van der Waals surface area contributed by atoms with Crippen LogP contribution in [0.1, 0.15) is 26.7 Å². The highest BCUT2D eigenvalue weighted by molar-refractivity contribution is 4.90. The van der Waals surface area contributed by atoms with Crippen molar-refractivity contribution in [1.29, 1.82) is 0 Å². The van der Waals surface area contributed by atoms with Gasteiger partial charge in [0.15, 0.2) is 0 Å². The molecule has 2 heteroatoms. The average Bonchev–Trinajstić information content (AvgIpc) is 2.49. The van der Waals surface area contributed by atoms with Crippen LogP contribution in [0.4, 0.5) is 0 Å². The Morgan fingerprint density at radius 2 is 2.23 bits per heavy atom. The fourth-order valence-corrected chi connectivity index (χ4v) is 2.81. The van der Waals surface area contributed by atoms with Gasteiger partial charge < -0.3 is 10.2 Å². The fraction of sp³-hybridized carbons (Fsp3) is 1.00. The predicted molar refractivity (Wildman–Crippen MR) is 55.8 cm³/mol. The van der Waals surface area contributed by atoms with E-state index in [0.717, 1.165) is 17.9 Å². The lowest BCUT2D eigenvalue weighted by Crippen LogP contribution is -2.45. The minimum absolute atomic E-state index is 0.825. The van der Waals surface area contributed by atoms with Crippen LogP contribution in [0.25, 0.3) is 0 Å². The summed E-state index contributed by atoms with van der Waals surface area (Å²) in [4.78, 5) is 2.65. The molecular formula is C11H22N2. The molecule has 2 heterocycles. The molecule has 2 aliphatic heterocycles. The predicted octanol–water partition coefficient (Wildman–Crippen LogP) is 1.33. The van der Waals surface area contributed by atoms with Gasteiger partial charge in [-0.25, -0.2) is 0 Å². The lowest BCUT2D eigenvalue weighted by Gasteiger charge is -2.35. The van der Waals surface area contributed by atoms with Gasteiger partial charge in [0.05, 0.1) is 0 Å². The second kappa shape index (κ2) is 3.97. The van der Waals surface area contributed by atoms with Crippen LogP contribution in [0.3, 0.4) is 0 Å². The molecule has 0 radical (unpaired) electrons. The van der Waals surface area contributed by atoms with Gasteiger partial charge in [-0.2, -0.15) is 0 Å². The maximum absolute atomic E-state index is 3.61. The Morgan fingerprint density at radius 1 is 1.38 bits per heavy atom. The molecule has 2 unspecified atom stereocenters. The molecule has 0 aromatic rings. The number of hydrogen-bond acceptors (Lipinski definition) is 2. The highest BCUT2D eigenvalue weighted by Gasteiger charge is 2.32. The van der Waals surface area contributed by atoms with E-state index in [1.807, 2.05) is 0 Å². The van der Waals surface area contributed by atoms with E-state index in [9.17, 15) is 0 Å². The third kappa shape index (κ3) is 2.23. The quantitative estimate of drug-likeness (QED) is 0.693. The van der Waals surface area contributed by atoms with Crippen LogP contribution in [-0.4, -0.2) is 37.1 Å². The molecule has 0 saturated carbocycles. The molecule has 2 saturated heterocycles. The van der Waals surface area contributed by atoms with Crippen LogP contribution in [0.5, 0.6) is 0 Å². The molecule has 2 fully saturated rings. The summed E-state index contributed by atoms with van der Waals surface area (Å²) >= 11 is 0. The summed E-state index contributed by atoms with van der Waals surface area (Å²) in [6.07, 6.45) is 2.77. The number of nitrogens with zero attached hydrogens (tertiary/aromatic N) is 1. The summed E-state index contributed by atoms with van der Waals surface area (Å²) in [5, 5.41) is 3.61. The van der Waals surface area contributed by atoms with Gasteiger partial charge in [0, 0.05) is 19.1 Å². The van der Waals surface area contributed by atoms with Crippen molar-refractivity contribution in [2.45, 2.75) is 32.7 Å². The van der Waals surface area contributed by atoms with Crippen molar-refractivity contribution in [1.82, 2.24) is 10.2 Å².